The topological polar surface area (TPSA) is 74.8 Å². The van der Waals surface area contributed by atoms with Crippen LogP contribution in [0, 0.1) is 33.5 Å². The van der Waals surface area contributed by atoms with E-state index in [4.69, 9.17) is 0 Å². The molecule has 4 rings (SSSR count). The summed E-state index contributed by atoms with van der Waals surface area (Å²) in [4.78, 5) is 28.2. The number of nitrogens with zero attached hydrogens (tertiary/aromatic N) is 2. The Morgan fingerprint density at radius 2 is 1.65 bits per heavy atom. The average molecular weight is 501 g/mol. The number of hydrogen-bond acceptors (Lipinski definition) is 5. The van der Waals surface area contributed by atoms with E-state index in [2.05, 4.69) is 0 Å². The molecule has 2 heterocycles. The molecule has 0 saturated carbocycles. The summed E-state index contributed by atoms with van der Waals surface area (Å²) in [6, 6.07) is 9.33. The van der Waals surface area contributed by atoms with E-state index in [1.54, 1.807) is 19.9 Å². The number of anilines is 1. The summed E-state index contributed by atoms with van der Waals surface area (Å²) < 4.78 is 42.8. The quantitative estimate of drug-likeness (QED) is 0.462. The average Bonchev–Trinajstić information content (AvgIpc) is 3.39. The number of benzene rings is 2. The monoisotopic (exact) mass is 500 g/mol. The predicted octanol–water partition coefficient (Wildman–Crippen LogP) is 4.64. The van der Waals surface area contributed by atoms with Crippen LogP contribution in [0.5, 0.6) is 0 Å². The first-order chi connectivity index (χ1) is 16.0. The van der Waals surface area contributed by atoms with Crippen LogP contribution < -0.4 is 4.90 Å². The lowest BCUT2D eigenvalue weighted by atomic mass is 10.0. The maximum atomic E-state index is 14.1. The maximum absolute atomic E-state index is 14.1. The van der Waals surface area contributed by atoms with Crippen molar-refractivity contribution in [2.75, 3.05) is 4.90 Å². The Hall–Kier alpha value is -2.88. The number of hydrogen-bond donors (Lipinski definition) is 0. The van der Waals surface area contributed by atoms with Crippen LogP contribution in [-0.4, -0.2) is 30.6 Å². The van der Waals surface area contributed by atoms with E-state index >= 15 is 0 Å². The van der Waals surface area contributed by atoms with Crippen molar-refractivity contribution >= 4 is 38.9 Å². The minimum absolute atomic E-state index is 0.0349. The van der Waals surface area contributed by atoms with Gasteiger partial charge in [0.15, 0.2) is 0 Å². The Balaban J connectivity index is 1.83. The first kappa shape index (κ1) is 24.3. The third-order valence-electron chi connectivity index (χ3n) is 6.31. The van der Waals surface area contributed by atoms with E-state index in [0.29, 0.717) is 11.1 Å². The lowest BCUT2D eigenvalue weighted by molar-refractivity contribution is -0.122. The van der Waals surface area contributed by atoms with Gasteiger partial charge in [0.25, 0.3) is 5.91 Å². The fraction of sp³-hybridized carbons (Fsp3) is 0.280. The summed E-state index contributed by atoms with van der Waals surface area (Å²) in [6.45, 7) is 7.18. The molecule has 178 valence electrons. The molecule has 0 aliphatic carbocycles. The second kappa shape index (κ2) is 9.05. The zero-order chi connectivity index (χ0) is 24.8. The van der Waals surface area contributed by atoms with Crippen molar-refractivity contribution in [3.05, 3.63) is 80.8 Å². The third kappa shape index (κ3) is 4.19. The van der Waals surface area contributed by atoms with E-state index in [-0.39, 0.29) is 23.5 Å². The van der Waals surface area contributed by atoms with Gasteiger partial charge in [-0.1, -0.05) is 12.1 Å². The fourth-order valence-corrected chi connectivity index (χ4v) is 7.23. The molecule has 1 fully saturated rings. The van der Waals surface area contributed by atoms with Crippen LogP contribution in [0.3, 0.4) is 0 Å². The predicted molar refractivity (Wildman–Crippen MR) is 130 cm³/mol. The Labute approximate surface area is 202 Å². The standard InChI is InChI=1S/C25H25FN2O4S2/c1-15-12-16(2)18(4)24(17(15)3)34(31,32)27(14-21-6-5-11-33-21)22-13-23(29)28(25(22)30)20-9-7-19(26)8-10-20/h5-12,22H,13-14H2,1-4H3. The minimum Gasteiger partial charge on any atom is -0.274 e. The molecular formula is C25H25FN2O4S2. The second-order valence-electron chi connectivity index (χ2n) is 8.48. The number of amides is 2. The second-order valence-corrected chi connectivity index (χ2v) is 11.3. The van der Waals surface area contributed by atoms with Gasteiger partial charge in [0.05, 0.1) is 17.0 Å². The van der Waals surface area contributed by atoms with E-state index < -0.39 is 33.7 Å². The molecule has 6 nitrogen and oxygen atoms in total. The molecule has 1 atom stereocenters. The highest BCUT2D eigenvalue weighted by molar-refractivity contribution is 7.89. The lowest BCUT2D eigenvalue weighted by Crippen LogP contribution is -2.45. The zero-order valence-electron chi connectivity index (χ0n) is 19.3. The minimum atomic E-state index is -4.16. The molecule has 1 unspecified atom stereocenters. The van der Waals surface area contributed by atoms with Crippen LogP contribution >= 0.6 is 11.3 Å². The van der Waals surface area contributed by atoms with Crippen molar-refractivity contribution in [1.29, 1.82) is 0 Å². The highest BCUT2D eigenvalue weighted by Crippen LogP contribution is 2.35. The van der Waals surface area contributed by atoms with E-state index in [1.807, 2.05) is 31.4 Å². The molecule has 2 amide bonds. The smallest absolute Gasteiger partial charge is 0.252 e. The van der Waals surface area contributed by atoms with E-state index in [9.17, 15) is 22.4 Å². The van der Waals surface area contributed by atoms with Crippen LogP contribution in [0.1, 0.15) is 33.6 Å². The van der Waals surface area contributed by atoms with Gasteiger partial charge in [-0.2, -0.15) is 4.31 Å². The van der Waals surface area contributed by atoms with Crippen molar-refractivity contribution < 1.29 is 22.4 Å². The fourth-order valence-electron chi connectivity index (χ4n) is 4.31. The van der Waals surface area contributed by atoms with Gasteiger partial charge in [0.1, 0.15) is 11.9 Å². The Kier molecular flexibility index (Phi) is 6.46. The molecule has 0 radical (unpaired) electrons. The van der Waals surface area contributed by atoms with Gasteiger partial charge in [0, 0.05) is 11.4 Å². The van der Waals surface area contributed by atoms with Crippen LogP contribution in [0.2, 0.25) is 0 Å². The molecule has 34 heavy (non-hydrogen) atoms. The summed E-state index contributed by atoms with van der Waals surface area (Å²) in [5, 5.41) is 1.83. The van der Waals surface area contributed by atoms with Gasteiger partial charge in [-0.15, -0.1) is 11.3 Å². The van der Waals surface area contributed by atoms with Crippen molar-refractivity contribution in [2.45, 2.75) is 51.6 Å². The van der Waals surface area contributed by atoms with Gasteiger partial charge < -0.3 is 0 Å². The molecule has 1 aliphatic heterocycles. The van der Waals surface area contributed by atoms with Gasteiger partial charge in [-0.05, 0) is 85.7 Å². The number of carbonyl (C=O) groups excluding carboxylic acids is 2. The Morgan fingerprint density at radius 3 is 2.21 bits per heavy atom. The van der Waals surface area contributed by atoms with Crippen LogP contribution in [-0.2, 0) is 26.2 Å². The molecule has 2 aromatic carbocycles. The number of thiophene rings is 1. The molecule has 0 bridgehead atoms. The Bertz CT molecular complexity index is 1340. The lowest BCUT2D eigenvalue weighted by Gasteiger charge is -2.28. The molecule has 9 heteroatoms. The molecule has 0 N–H and O–H groups in total. The van der Waals surface area contributed by atoms with Crippen LogP contribution in [0.4, 0.5) is 10.1 Å². The molecule has 1 saturated heterocycles. The number of halogens is 1. The van der Waals surface area contributed by atoms with Crippen molar-refractivity contribution in [3.63, 3.8) is 0 Å². The van der Waals surface area contributed by atoms with Crippen molar-refractivity contribution in [3.8, 4) is 0 Å². The number of imide groups is 1. The van der Waals surface area contributed by atoms with Gasteiger partial charge in [-0.3, -0.25) is 9.59 Å². The summed E-state index contributed by atoms with van der Waals surface area (Å²) in [7, 11) is -4.16. The number of aryl methyl sites for hydroxylation is 2. The van der Waals surface area contributed by atoms with Crippen LogP contribution in [0.25, 0.3) is 0 Å². The molecular weight excluding hydrogens is 475 g/mol. The highest BCUT2D eigenvalue weighted by atomic mass is 32.2. The SMILES string of the molecule is Cc1cc(C)c(C)c(S(=O)(=O)N(Cc2cccs2)C2CC(=O)N(c3ccc(F)cc3)C2=O)c1C. The number of sulfonamides is 1. The van der Waals surface area contributed by atoms with E-state index in [1.165, 1.54) is 23.5 Å². The molecule has 1 aliphatic rings. The van der Waals surface area contributed by atoms with Gasteiger partial charge >= 0.3 is 0 Å². The third-order valence-corrected chi connectivity index (χ3v) is 9.30. The number of carbonyl (C=O) groups is 2. The molecule has 1 aromatic heterocycles. The normalized spacial score (nSPS) is 16.6. The first-order valence-corrected chi connectivity index (χ1v) is 13.1. The molecule has 3 aromatic rings. The van der Waals surface area contributed by atoms with Crippen LogP contribution in [0.15, 0.2) is 52.7 Å². The summed E-state index contributed by atoms with van der Waals surface area (Å²) in [6.07, 6.45) is -0.288. The van der Waals surface area contributed by atoms with Gasteiger partial charge in [-0.25, -0.2) is 17.7 Å². The maximum Gasteiger partial charge on any atom is 0.252 e. The highest BCUT2D eigenvalue weighted by Gasteiger charge is 2.47. The van der Waals surface area contributed by atoms with E-state index in [0.717, 1.165) is 37.3 Å². The zero-order valence-corrected chi connectivity index (χ0v) is 21.0. The summed E-state index contributed by atoms with van der Waals surface area (Å²) in [5.74, 6) is -1.67. The van der Waals surface area contributed by atoms with Crippen molar-refractivity contribution in [2.24, 2.45) is 0 Å². The number of rotatable bonds is 6. The largest absolute Gasteiger partial charge is 0.274 e. The summed E-state index contributed by atoms with van der Waals surface area (Å²) in [5.41, 5.74) is 3.11. The first-order valence-electron chi connectivity index (χ1n) is 10.8. The summed E-state index contributed by atoms with van der Waals surface area (Å²) >= 11 is 1.38. The van der Waals surface area contributed by atoms with Crippen molar-refractivity contribution in [1.82, 2.24) is 4.31 Å². The molecule has 0 spiro atoms. The Morgan fingerprint density at radius 1 is 1.03 bits per heavy atom. The van der Waals surface area contributed by atoms with Gasteiger partial charge in [0.2, 0.25) is 15.9 Å².